The Labute approximate surface area is 227 Å². The maximum Gasteiger partial charge on any atom is 0.251 e. The quantitative estimate of drug-likeness (QED) is 0.270. The summed E-state index contributed by atoms with van der Waals surface area (Å²) in [7, 11) is -3.62. The third-order valence-corrected chi connectivity index (χ3v) is 8.59. The molecule has 0 aliphatic heterocycles. The van der Waals surface area contributed by atoms with Gasteiger partial charge in [-0.3, -0.25) is 14.4 Å². The normalized spacial score (nSPS) is 12.7. The van der Waals surface area contributed by atoms with Crippen LogP contribution in [0, 0.1) is 0 Å². The van der Waals surface area contributed by atoms with Crippen molar-refractivity contribution in [3.8, 4) is 21.8 Å². The molecule has 0 unspecified atom stereocenters. The highest BCUT2D eigenvalue weighted by molar-refractivity contribution is 7.92. The fourth-order valence-electron chi connectivity index (χ4n) is 4.26. The fraction of sp³-hybridized carbons (Fsp3) is 0.385. The van der Waals surface area contributed by atoms with E-state index in [0.717, 1.165) is 23.7 Å². The minimum Gasteiger partial charge on any atom is -0.350 e. The van der Waals surface area contributed by atoms with E-state index in [1.165, 1.54) is 6.07 Å². The molecule has 10 nitrogen and oxygen atoms in total. The van der Waals surface area contributed by atoms with Gasteiger partial charge in [0.1, 0.15) is 5.82 Å². The lowest BCUT2D eigenvalue weighted by Gasteiger charge is -2.26. The van der Waals surface area contributed by atoms with Crippen LogP contribution in [-0.4, -0.2) is 70.2 Å². The van der Waals surface area contributed by atoms with Crippen molar-refractivity contribution in [1.82, 2.24) is 29.8 Å². The van der Waals surface area contributed by atoms with Crippen molar-refractivity contribution < 1.29 is 13.2 Å². The van der Waals surface area contributed by atoms with Crippen molar-refractivity contribution >= 4 is 38.7 Å². The molecule has 12 heteroatoms. The molecule has 0 radical (unpaired) electrons. The molecule has 4 rings (SSSR count). The van der Waals surface area contributed by atoms with Crippen LogP contribution in [0.15, 0.2) is 48.1 Å². The van der Waals surface area contributed by atoms with Gasteiger partial charge in [-0.15, -0.1) is 11.3 Å². The lowest BCUT2D eigenvalue weighted by atomic mass is 10.1. The van der Waals surface area contributed by atoms with E-state index in [9.17, 15) is 13.2 Å². The molecule has 0 bridgehead atoms. The molecular formula is C26H33N7O3S2. The summed E-state index contributed by atoms with van der Waals surface area (Å²) < 4.78 is 29.2. The second-order valence-electron chi connectivity index (χ2n) is 8.94. The third-order valence-electron chi connectivity index (χ3n) is 6.23. The van der Waals surface area contributed by atoms with Crippen molar-refractivity contribution in [3.05, 3.63) is 53.7 Å². The number of anilines is 1. The number of nitrogens with zero attached hydrogens (tertiary/aromatic N) is 5. The average molecular weight is 556 g/mol. The summed E-state index contributed by atoms with van der Waals surface area (Å²) in [5.74, 6) is -0.288. The zero-order valence-electron chi connectivity index (χ0n) is 22.0. The zero-order valence-corrected chi connectivity index (χ0v) is 23.6. The molecule has 38 heavy (non-hydrogen) atoms. The van der Waals surface area contributed by atoms with E-state index in [-0.39, 0.29) is 23.5 Å². The van der Waals surface area contributed by atoms with Gasteiger partial charge in [0.25, 0.3) is 5.91 Å². The summed E-state index contributed by atoms with van der Waals surface area (Å²) in [4.78, 5) is 25.8. The zero-order chi connectivity index (χ0) is 27.3. The number of nitrogens with one attached hydrogen (secondary N) is 2. The smallest absolute Gasteiger partial charge is 0.251 e. The van der Waals surface area contributed by atoms with Gasteiger partial charge in [-0.25, -0.2) is 22.9 Å². The number of pyridine rings is 1. The molecular weight excluding hydrogens is 522 g/mol. The van der Waals surface area contributed by atoms with Crippen molar-refractivity contribution in [1.29, 1.82) is 0 Å². The predicted molar refractivity (Wildman–Crippen MR) is 152 cm³/mol. The van der Waals surface area contributed by atoms with E-state index >= 15 is 0 Å². The Bertz CT molecular complexity index is 1500. The van der Waals surface area contributed by atoms with Crippen LogP contribution in [-0.2, 0) is 10.0 Å². The van der Waals surface area contributed by atoms with Crippen LogP contribution in [0.2, 0.25) is 0 Å². The topological polar surface area (TPSA) is 122 Å². The van der Waals surface area contributed by atoms with Crippen LogP contribution >= 0.6 is 11.3 Å². The number of amides is 1. The van der Waals surface area contributed by atoms with Crippen LogP contribution in [0.25, 0.3) is 27.5 Å². The van der Waals surface area contributed by atoms with Crippen molar-refractivity contribution in [2.75, 3.05) is 30.1 Å². The lowest BCUT2D eigenvalue weighted by molar-refractivity contribution is 0.0938. The van der Waals surface area contributed by atoms with E-state index in [0.29, 0.717) is 35.4 Å². The van der Waals surface area contributed by atoms with Gasteiger partial charge in [0.15, 0.2) is 5.65 Å². The molecule has 0 fully saturated rings. The number of fused-ring (bicyclic) bond motifs is 1. The first-order valence-corrected chi connectivity index (χ1v) is 15.2. The molecule has 202 valence electrons. The minimum atomic E-state index is -3.62. The molecule has 0 saturated heterocycles. The Hall–Kier alpha value is -3.35. The van der Waals surface area contributed by atoms with E-state index in [1.807, 2.05) is 29.8 Å². The van der Waals surface area contributed by atoms with Gasteiger partial charge in [-0.1, -0.05) is 26.8 Å². The van der Waals surface area contributed by atoms with Crippen LogP contribution in [0.1, 0.15) is 44.5 Å². The van der Waals surface area contributed by atoms with Crippen molar-refractivity contribution in [2.24, 2.45) is 0 Å². The van der Waals surface area contributed by atoms with Gasteiger partial charge < -0.3 is 5.32 Å². The minimum absolute atomic E-state index is 0.0513. The van der Waals surface area contributed by atoms with Crippen molar-refractivity contribution in [3.63, 3.8) is 0 Å². The highest BCUT2D eigenvalue weighted by Gasteiger charge is 2.19. The highest BCUT2D eigenvalue weighted by atomic mass is 32.2. The Balaban J connectivity index is 1.73. The Morgan fingerprint density at radius 2 is 1.92 bits per heavy atom. The molecule has 2 N–H and O–H groups in total. The molecule has 0 aliphatic rings. The number of likely N-dealkylation sites (N-methyl/N-ethyl adjacent to an activating group) is 1. The molecule has 0 saturated carbocycles. The first kappa shape index (κ1) is 27.7. The van der Waals surface area contributed by atoms with E-state index in [4.69, 9.17) is 4.98 Å². The first-order valence-electron chi connectivity index (χ1n) is 12.7. The van der Waals surface area contributed by atoms with Crippen LogP contribution < -0.4 is 10.0 Å². The molecule has 0 aromatic carbocycles. The van der Waals surface area contributed by atoms with Crippen LogP contribution in [0.5, 0.6) is 0 Å². The molecule has 1 amide bonds. The fourth-order valence-corrected chi connectivity index (χ4v) is 6.02. The average Bonchev–Trinajstić information content (AvgIpc) is 3.57. The molecule has 1 atom stereocenters. The number of aromatic nitrogens is 4. The number of rotatable bonds is 12. The Morgan fingerprint density at radius 3 is 2.61 bits per heavy atom. The highest BCUT2D eigenvalue weighted by Crippen LogP contribution is 2.28. The Kier molecular flexibility index (Phi) is 8.75. The van der Waals surface area contributed by atoms with Gasteiger partial charge in [0.2, 0.25) is 10.0 Å². The monoisotopic (exact) mass is 555 g/mol. The molecule has 4 aromatic heterocycles. The third kappa shape index (κ3) is 6.37. The van der Waals surface area contributed by atoms with E-state index in [1.54, 1.807) is 35.0 Å². The van der Waals surface area contributed by atoms with E-state index in [2.05, 4.69) is 45.8 Å². The summed E-state index contributed by atoms with van der Waals surface area (Å²) in [6.07, 6.45) is 3.89. The number of hydrogen-bond acceptors (Lipinski definition) is 8. The largest absolute Gasteiger partial charge is 0.350 e. The van der Waals surface area contributed by atoms with Crippen LogP contribution in [0.4, 0.5) is 5.82 Å². The predicted octanol–water partition coefficient (Wildman–Crippen LogP) is 4.13. The number of carbonyl (C=O) groups excluding carboxylic acids is 1. The Morgan fingerprint density at radius 1 is 1.13 bits per heavy atom. The summed E-state index contributed by atoms with van der Waals surface area (Å²) in [5, 5.41) is 9.36. The molecule has 0 spiro atoms. The SMILES string of the molecule is CCCS(=O)(=O)Nc1cc(C(=O)NC[C@H](C)N(CC)CC)cc(-c2cnn3ccc(-c4cccs4)nc23)n1. The van der Waals surface area contributed by atoms with E-state index < -0.39 is 10.0 Å². The molecule has 0 aliphatic carbocycles. The maximum absolute atomic E-state index is 13.2. The van der Waals surface area contributed by atoms with Crippen molar-refractivity contribution in [2.45, 2.75) is 40.2 Å². The lowest BCUT2D eigenvalue weighted by Crippen LogP contribution is -2.42. The molecule has 4 heterocycles. The maximum atomic E-state index is 13.2. The number of thiophene rings is 1. The standard InChI is InChI=1S/C26H33N7O3S2/c1-5-13-38(35,36)31-24-15-19(26(34)27-16-18(4)32(6-2)7-3)14-22(29-24)20-17-28-33-11-10-21(30-25(20)33)23-9-8-12-37-23/h8-12,14-15,17-18H,5-7,13,16H2,1-4H3,(H,27,34)(H,29,31)/t18-/m0/s1. The van der Waals surface area contributed by atoms with Gasteiger partial charge in [0.05, 0.1) is 33.8 Å². The van der Waals surface area contributed by atoms with Gasteiger partial charge >= 0.3 is 0 Å². The number of hydrogen-bond donors (Lipinski definition) is 2. The summed E-state index contributed by atoms with van der Waals surface area (Å²) in [5.41, 5.74) is 2.63. The summed E-state index contributed by atoms with van der Waals surface area (Å²) in [6, 6.07) is 9.09. The van der Waals surface area contributed by atoms with Gasteiger partial charge in [-0.2, -0.15) is 5.10 Å². The second-order valence-corrected chi connectivity index (χ2v) is 11.7. The second kappa shape index (κ2) is 12.0. The number of carbonyl (C=O) groups is 1. The van der Waals surface area contributed by atoms with Gasteiger partial charge in [-0.05, 0) is 56.1 Å². The molecule has 4 aromatic rings. The van der Waals surface area contributed by atoms with Crippen LogP contribution in [0.3, 0.4) is 0 Å². The number of sulfonamides is 1. The first-order chi connectivity index (χ1) is 18.2. The van der Waals surface area contributed by atoms with Gasteiger partial charge in [0, 0.05) is 24.3 Å². The summed E-state index contributed by atoms with van der Waals surface area (Å²) in [6.45, 7) is 10.2. The summed E-state index contributed by atoms with van der Waals surface area (Å²) >= 11 is 1.58.